The van der Waals surface area contributed by atoms with Crippen molar-refractivity contribution < 1.29 is 55.6 Å². The third kappa shape index (κ3) is 7.07. The maximum Gasteiger partial charge on any atom is 0.342 e. The second kappa shape index (κ2) is 13.0. The molecule has 2 aromatic rings. The van der Waals surface area contributed by atoms with Gasteiger partial charge in [-0.15, -0.1) is 0 Å². The zero-order chi connectivity index (χ0) is 32.5. The second-order valence-corrected chi connectivity index (χ2v) is 12.2. The first kappa shape index (κ1) is 34.5. The molecule has 2 aromatic heterocycles. The maximum atomic E-state index is 15.6. The van der Waals surface area contributed by atoms with Gasteiger partial charge in [-0.25, -0.2) is 33.9 Å². The van der Waals surface area contributed by atoms with E-state index in [4.69, 9.17) is 24.5 Å². The van der Waals surface area contributed by atoms with Crippen molar-refractivity contribution in [1.29, 1.82) is 0 Å². The van der Waals surface area contributed by atoms with Crippen LogP contribution in [0.15, 0.2) is 12.7 Å². The SMILES string of the molecule is CC(C)OC(=O)C(C)NP(=O)(NC(C)C(=O)OC(C)C)OCC1(C(F)F)OC(n2cnc3c(N)ncnc32)C(O)C1(F)F. The third-order valence-corrected chi connectivity index (χ3v) is 8.10. The minimum absolute atomic E-state index is 0.0742. The second-order valence-electron chi connectivity index (χ2n) is 10.3. The fraction of sp³-hybridized carbons (Fsp3) is 0.696. The molecule has 3 heterocycles. The first-order chi connectivity index (χ1) is 19.8. The Hall–Kier alpha value is -2.96. The summed E-state index contributed by atoms with van der Waals surface area (Å²) in [5.74, 6) is -6.78. The van der Waals surface area contributed by atoms with Gasteiger partial charge in [0.2, 0.25) is 5.60 Å². The molecule has 5 N–H and O–H groups in total. The number of halogens is 4. The molecule has 5 unspecified atom stereocenters. The number of carbonyl (C=O) groups excluding carboxylic acids is 2. The molecule has 0 saturated carbocycles. The number of ether oxygens (including phenoxy) is 3. The summed E-state index contributed by atoms with van der Waals surface area (Å²) in [5.41, 5.74) is 1.52. The van der Waals surface area contributed by atoms with Gasteiger partial charge in [-0.05, 0) is 41.5 Å². The van der Waals surface area contributed by atoms with Crippen molar-refractivity contribution in [3.05, 3.63) is 12.7 Å². The molecule has 0 radical (unpaired) electrons. The van der Waals surface area contributed by atoms with Crippen LogP contribution in [0.3, 0.4) is 0 Å². The van der Waals surface area contributed by atoms with Crippen LogP contribution in [0.4, 0.5) is 23.4 Å². The maximum absolute atomic E-state index is 15.6. The number of nitrogens with zero attached hydrogens (tertiary/aromatic N) is 4. The molecule has 0 aliphatic carbocycles. The topological polar surface area (TPSA) is 202 Å². The van der Waals surface area contributed by atoms with Crippen LogP contribution in [0.25, 0.3) is 11.2 Å². The molecule has 1 fully saturated rings. The number of imidazole rings is 1. The average Bonchev–Trinajstić information content (AvgIpc) is 3.40. The van der Waals surface area contributed by atoms with E-state index in [-0.39, 0.29) is 17.0 Å². The lowest BCUT2D eigenvalue weighted by Gasteiger charge is -2.35. The summed E-state index contributed by atoms with van der Waals surface area (Å²) in [6.07, 6.45) is -8.47. The van der Waals surface area contributed by atoms with Crippen molar-refractivity contribution in [1.82, 2.24) is 29.7 Å². The van der Waals surface area contributed by atoms with Crippen molar-refractivity contribution in [3.8, 4) is 0 Å². The molecule has 5 atom stereocenters. The van der Waals surface area contributed by atoms with Crippen LogP contribution in [0, 0.1) is 0 Å². The van der Waals surface area contributed by atoms with Crippen LogP contribution in [0.2, 0.25) is 0 Å². The summed E-state index contributed by atoms with van der Waals surface area (Å²) < 4.78 is 95.2. The standard InChI is InChI=1S/C23H34F4N7O8P/c1-10(2)40-19(36)12(5)32-43(38,33-13(6)20(37)41-11(3)4)39-7-22(21(24)25)23(26,27)15(35)18(42-22)34-9-31-14-16(28)29-8-30-17(14)34/h8-13,15,18,21,35H,7H2,1-6H3,(H2,28,29,30)(H2,32,33,38). The summed E-state index contributed by atoms with van der Waals surface area (Å²) in [6.45, 7) is 6.67. The number of anilines is 1. The predicted octanol–water partition coefficient (Wildman–Crippen LogP) is 1.92. The number of aromatic nitrogens is 4. The minimum Gasteiger partial charge on any atom is -0.462 e. The van der Waals surface area contributed by atoms with E-state index in [0.29, 0.717) is 0 Å². The van der Waals surface area contributed by atoms with E-state index in [1.165, 1.54) is 41.5 Å². The molecule has 20 heteroatoms. The van der Waals surface area contributed by atoms with Crippen LogP contribution >= 0.6 is 7.67 Å². The van der Waals surface area contributed by atoms with E-state index >= 15 is 8.78 Å². The molecule has 3 rings (SSSR count). The summed E-state index contributed by atoms with van der Waals surface area (Å²) in [4.78, 5) is 36.2. The van der Waals surface area contributed by atoms with Crippen molar-refractivity contribution in [3.63, 3.8) is 0 Å². The number of hydrogen-bond donors (Lipinski definition) is 4. The van der Waals surface area contributed by atoms with Gasteiger partial charge in [0.15, 0.2) is 23.8 Å². The predicted molar refractivity (Wildman–Crippen MR) is 141 cm³/mol. The van der Waals surface area contributed by atoms with Crippen molar-refractivity contribution in [2.45, 2.75) is 96.1 Å². The normalized spacial score (nSPS) is 24.8. The highest BCUT2D eigenvalue weighted by Crippen LogP contribution is 2.54. The van der Waals surface area contributed by atoms with Gasteiger partial charge >= 0.3 is 25.5 Å². The first-order valence-electron chi connectivity index (χ1n) is 13.0. The van der Waals surface area contributed by atoms with Gasteiger partial charge in [-0.2, -0.15) is 8.78 Å². The van der Waals surface area contributed by atoms with Gasteiger partial charge < -0.3 is 29.6 Å². The average molecular weight is 644 g/mol. The lowest BCUT2D eigenvalue weighted by Crippen LogP contribution is -2.58. The van der Waals surface area contributed by atoms with Gasteiger partial charge in [0.05, 0.1) is 25.1 Å². The van der Waals surface area contributed by atoms with E-state index in [1.54, 1.807) is 0 Å². The highest BCUT2D eigenvalue weighted by molar-refractivity contribution is 7.54. The number of rotatable bonds is 13. The van der Waals surface area contributed by atoms with Crippen molar-refractivity contribution in [2.24, 2.45) is 0 Å². The number of alkyl halides is 4. The molecule has 1 aliphatic heterocycles. The Morgan fingerprint density at radius 2 is 1.60 bits per heavy atom. The summed E-state index contributed by atoms with van der Waals surface area (Å²) in [7, 11) is -4.85. The number of esters is 2. The van der Waals surface area contributed by atoms with Crippen molar-refractivity contribution in [2.75, 3.05) is 12.3 Å². The van der Waals surface area contributed by atoms with E-state index in [9.17, 15) is 28.0 Å². The van der Waals surface area contributed by atoms with E-state index < -0.39 is 80.8 Å². The minimum atomic E-state index is -4.85. The number of fused-ring (bicyclic) bond motifs is 1. The van der Waals surface area contributed by atoms with Crippen LogP contribution in [-0.2, 0) is 32.9 Å². The molecule has 0 bridgehead atoms. The Morgan fingerprint density at radius 1 is 1.07 bits per heavy atom. The van der Waals surface area contributed by atoms with Crippen LogP contribution in [-0.4, -0.2) is 91.5 Å². The zero-order valence-electron chi connectivity index (χ0n) is 24.0. The Morgan fingerprint density at radius 3 is 2.09 bits per heavy atom. The first-order valence-corrected chi connectivity index (χ1v) is 14.6. The molecule has 0 amide bonds. The van der Waals surface area contributed by atoms with E-state index in [0.717, 1.165) is 17.2 Å². The Bertz CT molecular complexity index is 1330. The number of carbonyl (C=O) groups is 2. The molecule has 1 aliphatic rings. The molecular weight excluding hydrogens is 609 g/mol. The fourth-order valence-electron chi connectivity index (χ4n) is 4.03. The number of hydrogen-bond acceptors (Lipinski definition) is 12. The number of aliphatic hydroxyl groups excluding tert-OH is 1. The Labute approximate surface area is 243 Å². The highest BCUT2D eigenvalue weighted by atomic mass is 31.2. The zero-order valence-corrected chi connectivity index (χ0v) is 24.9. The third-order valence-electron chi connectivity index (χ3n) is 6.15. The smallest absolute Gasteiger partial charge is 0.342 e. The molecule has 0 aromatic carbocycles. The quantitative estimate of drug-likeness (QED) is 0.140. The number of nitrogen functional groups attached to an aromatic ring is 1. The molecule has 242 valence electrons. The number of nitrogens with one attached hydrogen (secondary N) is 2. The molecule has 43 heavy (non-hydrogen) atoms. The number of nitrogens with two attached hydrogens (primary N) is 1. The Balaban J connectivity index is 1.96. The van der Waals surface area contributed by atoms with Crippen LogP contribution in [0.1, 0.15) is 47.8 Å². The van der Waals surface area contributed by atoms with E-state index in [2.05, 4.69) is 25.1 Å². The summed E-state index contributed by atoms with van der Waals surface area (Å²) >= 11 is 0. The van der Waals surface area contributed by atoms with Gasteiger partial charge in [0.25, 0.3) is 6.43 Å². The Kier molecular flexibility index (Phi) is 10.4. The van der Waals surface area contributed by atoms with Gasteiger partial charge in [-0.1, -0.05) is 0 Å². The number of aliphatic hydroxyl groups is 1. The molecular formula is C23H34F4N7O8P. The largest absolute Gasteiger partial charge is 0.462 e. The highest BCUT2D eigenvalue weighted by Gasteiger charge is 2.74. The lowest BCUT2D eigenvalue weighted by molar-refractivity contribution is -0.241. The monoisotopic (exact) mass is 643 g/mol. The van der Waals surface area contributed by atoms with Crippen molar-refractivity contribution >= 4 is 36.6 Å². The lowest BCUT2D eigenvalue weighted by atomic mass is 9.95. The molecule has 1 saturated heterocycles. The van der Waals surface area contributed by atoms with E-state index in [1.807, 2.05) is 0 Å². The molecule has 15 nitrogen and oxygen atoms in total. The van der Waals surface area contributed by atoms with Gasteiger partial charge in [-0.3, -0.25) is 18.7 Å². The molecule has 0 spiro atoms. The fourth-order valence-corrected chi connectivity index (χ4v) is 5.85. The van der Waals surface area contributed by atoms with Crippen LogP contribution in [0.5, 0.6) is 0 Å². The van der Waals surface area contributed by atoms with Gasteiger partial charge in [0, 0.05) is 0 Å². The summed E-state index contributed by atoms with van der Waals surface area (Å²) in [5, 5.41) is 14.9. The van der Waals surface area contributed by atoms with Crippen LogP contribution < -0.4 is 15.9 Å². The van der Waals surface area contributed by atoms with Gasteiger partial charge in [0.1, 0.15) is 23.9 Å². The summed E-state index contributed by atoms with van der Waals surface area (Å²) in [6, 6.07) is -2.88.